The largest absolute Gasteiger partial charge is 0.308 e. The lowest BCUT2D eigenvalue weighted by atomic mass is 10.1. The van der Waals surface area contributed by atoms with Crippen LogP contribution in [0.1, 0.15) is 45.4 Å². The smallest absolute Gasteiger partial charge is 0.0638 e. The summed E-state index contributed by atoms with van der Waals surface area (Å²) in [5, 5.41) is 8.00. The molecule has 0 aliphatic rings. The Morgan fingerprint density at radius 2 is 2.12 bits per heavy atom. The van der Waals surface area contributed by atoms with Crippen LogP contribution in [0.25, 0.3) is 0 Å². The van der Waals surface area contributed by atoms with E-state index >= 15 is 0 Å². The fourth-order valence-electron chi connectivity index (χ4n) is 1.51. The van der Waals surface area contributed by atoms with Gasteiger partial charge in [-0.25, -0.2) is 0 Å². The van der Waals surface area contributed by atoms with Crippen LogP contribution >= 0.6 is 0 Å². The van der Waals surface area contributed by atoms with Crippen molar-refractivity contribution in [2.45, 2.75) is 59.7 Å². The monoisotopic (exact) mass is 235 g/mol. The van der Waals surface area contributed by atoms with Gasteiger partial charge in [0.2, 0.25) is 0 Å². The highest BCUT2D eigenvalue weighted by atomic mass is 15.3. The number of nitrogens with zero attached hydrogens (tertiary/aromatic N) is 2. The van der Waals surface area contributed by atoms with Gasteiger partial charge in [0.05, 0.1) is 12.2 Å². The predicted molar refractivity (Wildman–Crippen MR) is 73.0 cm³/mol. The number of nitrogens with one attached hydrogen (secondary N) is 1. The summed E-state index contributed by atoms with van der Waals surface area (Å²) < 4.78 is 1.99. The van der Waals surface area contributed by atoms with Gasteiger partial charge < -0.3 is 5.32 Å². The first-order valence-electron chi connectivity index (χ1n) is 6.26. The molecular formula is C14H25N3. The minimum Gasteiger partial charge on any atom is -0.308 e. The van der Waals surface area contributed by atoms with Crippen LogP contribution in [-0.4, -0.2) is 15.3 Å². The molecule has 0 aliphatic carbocycles. The Balaban J connectivity index is 2.65. The van der Waals surface area contributed by atoms with Crippen LogP contribution in [0, 0.1) is 6.92 Å². The van der Waals surface area contributed by atoms with E-state index in [1.165, 1.54) is 11.1 Å². The van der Waals surface area contributed by atoms with Gasteiger partial charge in [-0.15, -0.1) is 0 Å². The highest BCUT2D eigenvalue weighted by Gasteiger charge is 2.11. The van der Waals surface area contributed by atoms with Gasteiger partial charge in [-0.2, -0.15) is 5.10 Å². The first-order valence-corrected chi connectivity index (χ1v) is 6.26. The van der Waals surface area contributed by atoms with Crippen molar-refractivity contribution in [1.82, 2.24) is 15.1 Å². The summed E-state index contributed by atoms with van der Waals surface area (Å²) in [5.41, 5.74) is 3.72. The highest BCUT2D eigenvalue weighted by molar-refractivity contribution is 5.16. The summed E-state index contributed by atoms with van der Waals surface area (Å²) in [6.07, 6.45) is 3.13. The molecule has 0 bridgehead atoms. The first kappa shape index (κ1) is 14.0. The van der Waals surface area contributed by atoms with Gasteiger partial charge in [-0.1, -0.05) is 19.1 Å². The molecule has 1 aromatic rings. The molecule has 0 aliphatic heterocycles. The summed E-state index contributed by atoms with van der Waals surface area (Å²) in [7, 11) is 0. The second-order valence-electron chi connectivity index (χ2n) is 5.64. The van der Waals surface area contributed by atoms with Gasteiger partial charge in [0.15, 0.2) is 0 Å². The average molecular weight is 235 g/mol. The molecule has 0 radical (unpaired) electrons. The third-order valence-corrected chi connectivity index (χ3v) is 2.74. The van der Waals surface area contributed by atoms with Crippen LogP contribution in [0.3, 0.4) is 0 Å². The quantitative estimate of drug-likeness (QED) is 0.795. The lowest BCUT2D eigenvalue weighted by Gasteiger charge is -2.20. The van der Waals surface area contributed by atoms with Crippen LogP contribution in [-0.2, 0) is 13.1 Å². The fourth-order valence-corrected chi connectivity index (χ4v) is 1.51. The minimum atomic E-state index is 0.140. The zero-order valence-electron chi connectivity index (χ0n) is 11.8. The van der Waals surface area contributed by atoms with Crippen molar-refractivity contribution in [2.75, 3.05) is 0 Å². The van der Waals surface area contributed by atoms with Crippen molar-refractivity contribution >= 4 is 0 Å². The minimum absolute atomic E-state index is 0.140. The molecule has 0 saturated carbocycles. The lowest BCUT2D eigenvalue weighted by molar-refractivity contribution is 0.423. The van der Waals surface area contributed by atoms with Gasteiger partial charge in [0, 0.05) is 23.8 Å². The first-order chi connectivity index (χ1) is 7.81. The third-order valence-electron chi connectivity index (χ3n) is 2.74. The van der Waals surface area contributed by atoms with E-state index in [0.29, 0.717) is 0 Å². The molecule has 0 aromatic carbocycles. The standard InChI is InChI=1S/C14H25N3/c1-7-11(2)9-17-10-13(12(3)16-17)8-15-14(4,5)6/h10,15H,2,7-9H2,1,3-6H3. The number of hydrogen-bond acceptors (Lipinski definition) is 2. The van der Waals surface area contributed by atoms with E-state index in [2.05, 4.69) is 57.8 Å². The van der Waals surface area contributed by atoms with Gasteiger partial charge in [0.1, 0.15) is 0 Å². The maximum Gasteiger partial charge on any atom is 0.0638 e. The molecule has 0 saturated heterocycles. The van der Waals surface area contributed by atoms with Crippen molar-refractivity contribution in [3.8, 4) is 0 Å². The van der Waals surface area contributed by atoms with Crippen molar-refractivity contribution < 1.29 is 0 Å². The fraction of sp³-hybridized carbons (Fsp3) is 0.643. The molecule has 3 heteroatoms. The van der Waals surface area contributed by atoms with E-state index < -0.39 is 0 Å². The van der Waals surface area contributed by atoms with Crippen LogP contribution in [0.5, 0.6) is 0 Å². The Morgan fingerprint density at radius 3 is 2.65 bits per heavy atom. The summed E-state index contributed by atoms with van der Waals surface area (Å²) in [6.45, 7) is 16.4. The third kappa shape index (κ3) is 4.73. The van der Waals surface area contributed by atoms with E-state index in [0.717, 1.165) is 25.2 Å². The number of allylic oxidation sites excluding steroid dienone is 1. The van der Waals surface area contributed by atoms with Crippen molar-refractivity contribution in [3.05, 3.63) is 29.6 Å². The Hall–Kier alpha value is -1.09. The van der Waals surface area contributed by atoms with E-state index in [1.54, 1.807) is 0 Å². The molecule has 0 fully saturated rings. The predicted octanol–water partition coefficient (Wildman–Crippen LogP) is 3.05. The molecule has 0 spiro atoms. The molecule has 1 heterocycles. The molecule has 1 rings (SSSR count). The van der Waals surface area contributed by atoms with Crippen LogP contribution in [0.2, 0.25) is 0 Å². The zero-order chi connectivity index (χ0) is 13.1. The van der Waals surface area contributed by atoms with Crippen LogP contribution in [0.4, 0.5) is 0 Å². The summed E-state index contributed by atoms with van der Waals surface area (Å²) in [5.74, 6) is 0. The van der Waals surface area contributed by atoms with Crippen molar-refractivity contribution in [2.24, 2.45) is 0 Å². The molecule has 17 heavy (non-hydrogen) atoms. The van der Waals surface area contributed by atoms with Gasteiger partial charge >= 0.3 is 0 Å². The number of aromatic nitrogens is 2. The summed E-state index contributed by atoms with van der Waals surface area (Å²) >= 11 is 0. The molecular weight excluding hydrogens is 210 g/mol. The molecule has 0 unspecified atom stereocenters. The SMILES string of the molecule is C=C(CC)Cn1cc(CNC(C)(C)C)c(C)n1. The van der Waals surface area contributed by atoms with E-state index in [9.17, 15) is 0 Å². The second-order valence-corrected chi connectivity index (χ2v) is 5.64. The van der Waals surface area contributed by atoms with Gasteiger partial charge in [-0.3, -0.25) is 4.68 Å². The molecule has 1 N–H and O–H groups in total. The number of rotatable bonds is 5. The second kappa shape index (κ2) is 5.50. The van der Waals surface area contributed by atoms with E-state index in [-0.39, 0.29) is 5.54 Å². The maximum atomic E-state index is 4.52. The van der Waals surface area contributed by atoms with Crippen LogP contribution < -0.4 is 5.32 Å². The lowest BCUT2D eigenvalue weighted by Crippen LogP contribution is -2.35. The summed E-state index contributed by atoms with van der Waals surface area (Å²) in [6, 6.07) is 0. The maximum absolute atomic E-state index is 4.52. The highest BCUT2D eigenvalue weighted by Crippen LogP contribution is 2.10. The van der Waals surface area contributed by atoms with Gasteiger partial charge in [-0.05, 0) is 34.1 Å². The van der Waals surface area contributed by atoms with Crippen molar-refractivity contribution in [1.29, 1.82) is 0 Å². The average Bonchev–Trinajstić information content (AvgIpc) is 2.54. The zero-order valence-corrected chi connectivity index (χ0v) is 11.8. The molecule has 3 nitrogen and oxygen atoms in total. The Kier molecular flexibility index (Phi) is 4.52. The van der Waals surface area contributed by atoms with E-state index in [4.69, 9.17) is 0 Å². The Morgan fingerprint density at radius 1 is 1.47 bits per heavy atom. The van der Waals surface area contributed by atoms with E-state index in [1.807, 2.05) is 4.68 Å². The van der Waals surface area contributed by atoms with Crippen LogP contribution in [0.15, 0.2) is 18.3 Å². The van der Waals surface area contributed by atoms with Gasteiger partial charge in [0.25, 0.3) is 0 Å². The van der Waals surface area contributed by atoms with Crippen molar-refractivity contribution in [3.63, 3.8) is 0 Å². The number of aryl methyl sites for hydroxylation is 1. The molecule has 0 atom stereocenters. The summed E-state index contributed by atoms with van der Waals surface area (Å²) in [4.78, 5) is 0. The molecule has 96 valence electrons. The molecule has 0 amide bonds. The Labute approximate surface area is 105 Å². The topological polar surface area (TPSA) is 29.9 Å². The molecule has 1 aromatic heterocycles. The number of hydrogen-bond donors (Lipinski definition) is 1. The Bertz CT molecular complexity index is 383. The normalized spacial score (nSPS) is 11.8.